The average Bonchev–Trinajstić information content (AvgIpc) is 2.83. The monoisotopic (exact) mass is 458 g/mol. The minimum atomic E-state index is -0.270. The van der Waals surface area contributed by atoms with Crippen molar-refractivity contribution < 1.29 is 10.2 Å². The molecule has 0 saturated carbocycles. The molecule has 1 fully saturated rings. The second kappa shape index (κ2) is 14.8. The Kier molecular flexibility index (Phi) is 12.1. The van der Waals surface area contributed by atoms with Crippen molar-refractivity contribution >= 4 is 16.9 Å². The largest absolute Gasteiger partial charge is 0.395 e. The van der Waals surface area contributed by atoms with Gasteiger partial charge in [-0.05, 0) is 87.1 Å². The van der Waals surface area contributed by atoms with Gasteiger partial charge < -0.3 is 20.8 Å². The highest BCUT2D eigenvalue weighted by atomic mass is 16.3. The van der Waals surface area contributed by atoms with Crippen LogP contribution >= 0.6 is 0 Å². The van der Waals surface area contributed by atoms with Gasteiger partial charge in [-0.2, -0.15) is 0 Å². The molecule has 33 heavy (non-hydrogen) atoms. The number of hydrogen-bond donors (Lipinski definition) is 4. The van der Waals surface area contributed by atoms with Crippen molar-refractivity contribution in [2.75, 3.05) is 31.6 Å². The van der Waals surface area contributed by atoms with E-state index >= 15 is 0 Å². The maximum absolute atomic E-state index is 11.4. The predicted octanol–water partition coefficient (Wildman–Crippen LogP) is 5.14. The van der Waals surface area contributed by atoms with E-state index in [-0.39, 0.29) is 18.8 Å². The fraction of sp³-hybridized carbons (Fsp3) is 0.615. The zero-order chi connectivity index (χ0) is 24.1. The van der Waals surface area contributed by atoms with Crippen LogP contribution in [0.1, 0.15) is 71.3 Å². The second-order valence-electron chi connectivity index (χ2n) is 9.05. The molecule has 184 valence electrons. The van der Waals surface area contributed by atoms with Crippen LogP contribution in [0.4, 0.5) is 11.4 Å². The summed E-state index contributed by atoms with van der Waals surface area (Å²) in [5, 5.41) is 29.0. The summed E-state index contributed by atoms with van der Waals surface area (Å²) in [6.45, 7) is 8.97. The number of nitroso groups, excluding NO2 is 1. The molecule has 7 nitrogen and oxygen atoms in total. The van der Waals surface area contributed by atoms with Crippen LogP contribution in [0.5, 0.6) is 0 Å². The third kappa shape index (κ3) is 9.27. The number of nitrogens with zero attached hydrogens (tertiary/aromatic N) is 2. The minimum absolute atomic E-state index is 0.0961. The van der Waals surface area contributed by atoms with E-state index in [0.29, 0.717) is 12.1 Å². The lowest BCUT2D eigenvalue weighted by Crippen LogP contribution is -2.46. The summed E-state index contributed by atoms with van der Waals surface area (Å²) in [7, 11) is 0. The fourth-order valence-corrected chi connectivity index (χ4v) is 4.08. The van der Waals surface area contributed by atoms with Gasteiger partial charge in [0.2, 0.25) is 0 Å². The number of aliphatic hydroxyl groups excluding tert-OH is 2. The fourth-order valence-electron chi connectivity index (χ4n) is 4.08. The van der Waals surface area contributed by atoms with Gasteiger partial charge in [0.15, 0.2) is 0 Å². The molecule has 2 atom stereocenters. The quantitative estimate of drug-likeness (QED) is 0.228. The van der Waals surface area contributed by atoms with Crippen molar-refractivity contribution in [1.82, 2.24) is 10.2 Å². The molecule has 1 aliphatic rings. The van der Waals surface area contributed by atoms with Gasteiger partial charge in [0, 0.05) is 25.3 Å². The Labute approximate surface area is 198 Å². The second-order valence-corrected chi connectivity index (χ2v) is 9.05. The van der Waals surface area contributed by atoms with Crippen LogP contribution < -0.4 is 10.6 Å². The summed E-state index contributed by atoms with van der Waals surface area (Å²) in [6, 6.07) is 5.86. The van der Waals surface area contributed by atoms with Crippen LogP contribution in [-0.4, -0.2) is 53.5 Å². The van der Waals surface area contributed by atoms with Gasteiger partial charge in [0.25, 0.3) is 0 Å². The molecule has 0 spiro atoms. The normalized spacial score (nSPS) is 20.0. The Morgan fingerprint density at radius 2 is 2.00 bits per heavy atom. The van der Waals surface area contributed by atoms with Crippen molar-refractivity contribution in [3.8, 4) is 0 Å². The molecule has 0 aliphatic carbocycles. The Bertz CT molecular complexity index is 794. The van der Waals surface area contributed by atoms with E-state index in [1.807, 2.05) is 37.5 Å². The average molecular weight is 459 g/mol. The van der Waals surface area contributed by atoms with Crippen molar-refractivity contribution in [3.63, 3.8) is 0 Å². The summed E-state index contributed by atoms with van der Waals surface area (Å²) in [6.07, 6.45) is 10.5. The first-order valence-corrected chi connectivity index (χ1v) is 12.3. The van der Waals surface area contributed by atoms with Crippen molar-refractivity contribution in [1.29, 1.82) is 0 Å². The molecule has 1 saturated heterocycles. The summed E-state index contributed by atoms with van der Waals surface area (Å²) in [4.78, 5) is 13.7. The van der Waals surface area contributed by atoms with E-state index in [2.05, 4.69) is 34.6 Å². The smallest absolute Gasteiger partial charge is 0.131 e. The summed E-state index contributed by atoms with van der Waals surface area (Å²) in [5.74, 6) is 0. The van der Waals surface area contributed by atoms with Crippen LogP contribution in [0, 0.1) is 4.91 Å². The Balaban J connectivity index is 1.72. The van der Waals surface area contributed by atoms with Crippen LogP contribution in [0.2, 0.25) is 0 Å². The van der Waals surface area contributed by atoms with Crippen molar-refractivity contribution in [2.45, 2.75) is 77.9 Å². The SMILES string of the molecule is CC/C(C)=C/N/C=C(\C)c1ccc(NCCCCCCN2CC[C@@H](O)C[C@H]2CO)c(N=O)c1. The molecule has 1 aromatic rings. The van der Waals surface area contributed by atoms with Gasteiger partial charge in [0.1, 0.15) is 5.69 Å². The molecule has 1 aromatic carbocycles. The molecule has 0 amide bonds. The van der Waals surface area contributed by atoms with Crippen molar-refractivity contribution in [3.05, 3.63) is 46.6 Å². The van der Waals surface area contributed by atoms with E-state index in [9.17, 15) is 15.1 Å². The molecule has 2 rings (SSSR count). The number of likely N-dealkylation sites (tertiary alicyclic amines) is 1. The van der Waals surface area contributed by atoms with E-state index in [0.717, 1.165) is 75.0 Å². The highest BCUT2D eigenvalue weighted by molar-refractivity contribution is 5.74. The molecule has 7 heteroatoms. The minimum Gasteiger partial charge on any atom is -0.395 e. The third-order valence-corrected chi connectivity index (χ3v) is 6.45. The number of unbranched alkanes of at least 4 members (excludes halogenated alkanes) is 3. The van der Waals surface area contributed by atoms with Crippen LogP contribution in [0.25, 0.3) is 5.57 Å². The number of benzene rings is 1. The van der Waals surface area contributed by atoms with Crippen LogP contribution in [0.3, 0.4) is 0 Å². The summed E-state index contributed by atoms with van der Waals surface area (Å²) >= 11 is 0. The topological polar surface area (TPSA) is 97.2 Å². The first-order valence-electron chi connectivity index (χ1n) is 12.3. The number of aliphatic hydroxyl groups is 2. The summed E-state index contributed by atoms with van der Waals surface area (Å²) in [5.41, 5.74) is 4.49. The molecule has 0 bridgehead atoms. The standard InChI is InChI=1S/C26H42N4O3/c1-4-20(2)17-27-18-21(3)22-9-10-25(26(15-22)29-33)28-12-7-5-6-8-13-30-14-11-24(32)16-23(30)19-31/h9-10,15,17-18,23-24,27-28,31-32H,4-8,11-14,16,19H2,1-3H3/b20-17+,21-18+/t23-,24+/m0/s1. The zero-order valence-electron chi connectivity index (χ0n) is 20.5. The van der Waals surface area contributed by atoms with Gasteiger partial charge in [-0.25, -0.2) is 0 Å². The zero-order valence-corrected chi connectivity index (χ0v) is 20.5. The van der Waals surface area contributed by atoms with Crippen LogP contribution in [0.15, 0.2) is 41.3 Å². The Morgan fingerprint density at radius 3 is 2.73 bits per heavy atom. The third-order valence-electron chi connectivity index (χ3n) is 6.45. The molecule has 0 radical (unpaired) electrons. The number of piperidine rings is 1. The van der Waals surface area contributed by atoms with Crippen LogP contribution in [-0.2, 0) is 0 Å². The number of hydrogen-bond acceptors (Lipinski definition) is 7. The predicted molar refractivity (Wildman–Crippen MR) is 137 cm³/mol. The highest BCUT2D eigenvalue weighted by Gasteiger charge is 2.26. The first-order chi connectivity index (χ1) is 16.0. The number of anilines is 1. The van der Waals surface area contributed by atoms with Gasteiger partial charge in [0.05, 0.1) is 18.4 Å². The lowest BCUT2D eigenvalue weighted by atomic mass is 9.99. The molecule has 0 unspecified atom stereocenters. The van der Waals surface area contributed by atoms with E-state index in [4.69, 9.17) is 0 Å². The number of allylic oxidation sites excluding steroid dienone is 2. The first kappa shape index (κ1) is 27.0. The Hall–Kier alpha value is -2.22. The maximum atomic E-state index is 11.4. The van der Waals surface area contributed by atoms with E-state index in [1.54, 1.807) is 0 Å². The van der Waals surface area contributed by atoms with Gasteiger partial charge >= 0.3 is 0 Å². The van der Waals surface area contributed by atoms with Gasteiger partial charge in [-0.1, -0.05) is 31.4 Å². The molecule has 1 aliphatic heterocycles. The number of nitrogens with one attached hydrogen (secondary N) is 2. The number of rotatable bonds is 14. The lowest BCUT2D eigenvalue weighted by Gasteiger charge is -2.36. The molecule has 1 heterocycles. The van der Waals surface area contributed by atoms with Crippen molar-refractivity contribution in [2.24, 2.45) is 5.18 Å². The Morgan fingerprint density at radius 1 is 1.21 bits per heavy atom. The van der Waals surface area contributed by atoms with Gasteiger partial charge in [-0.3, -0.25) is 4.90 Å². The van der Waals surface area contributed by atoms with E-state index in [1.165, 1.54) is 5.57 Å². The van der Waals surface area contributed by atoms with E-state index < -0.39 is 0 Å². The van der Waals surface area contributed by atoms with Gasteiger partial charge in [-0.15, -0.1) is 4.91 Å². The summed E-state index contributed by atoms with van der Waals surface area (Å²) < 4.78 is 0. The maximum Gasteiger partial charge on any atom is 0.131 e. The molecule has 0 aromatic heterocycles. The molecule has 4 N–H and O–H groups in total. The lowest BCUT2D eigenvalue weighted by molar-refractivity contribution is 0.0163. The highest BCUT2D eigenvalue weighted by Crippen LogP contribution is 2.29. The molecular weight excluding hydrogens is 416 g/mol. The molecular formula is C26H42N4O3.